The van der Waals surface area contributed by atoms with Crippen LogP contribution >= 0.6 is 27.7 Å². The molecule has 0 bridgehead atoms. The summed E-state index contributed by atoms with van der Waals surface area (Å²) in [7, 11) is 0. The molecule has 0 aliphatic carbocycles. The second kappa shape index (κ2) is 8.71. The van der Waals surface area contributed by atoms with Gasteiger partial charge in [0.15, 0.2) is 27.1 Å². The highest BCUT2D eigenvalue weighted by Crippen LogP contribution is 2.19. The quantitative estimate of drug-likeness (QED) is 0.451. The predicted molar refractivity (Wildman–Crippen MR) is 102 cm³/mol. The third-order valence-electron chi connectivity index (χ3n) is 3.71. The average Bonchev–Trinajstić information content (AvgIpc) is 3.05. The predicted octanol–water partition coefficient (Wildman–Crippen LogP) is 1.38. The van der Waals surface area contributed by atoms with Crippen molar-refractivity contribution < 1.29 is 13.9 Å². The molecule has 1 saturated heterocycles. The van der Waals surface area contributed by atoms with E-state index >= 15 is 0 Å². The summed E-state index contributed by atoms with van der Waals surface area (Å²) in [4.78, 5) is 33.4. The van der Waals surface area contributed by atoms with Crippen molar-refractivity contribution in [1.82, 2.24) is 14.9 Å². The standard InChI is InChI=1S/C15H18BrN5O4S/c16-10-2-1-9(25-10)13(22)18-11-12(17)19-15(20-14(11)23)26-8-5-21-3-6-24-7-4-21/h1-2H,3-8H2,(H,18,22)(H3,17,19,20,23). The number of furan rings is 1. The molecule has 0 aromatic carbocycles. The first-order valence-corrected chi connectivity index (χ1v) is 9.70. The Kier molecular flexibility index (Phi) is 6.35. The van der Waals surface area contributed by atoms with E-state index in [-0.39, 0.29) is 17.3 Å². The lowest BCUT2D eigenvalue weighted by atomic mass is 10.4. The first kappa shape index (κ1) is 19.0. The molecule has 0 atom stereocenters. The minimum Gasteiger partial charge on any atom is -0.444 e. The zero-order chi connectivity index (χ0) is 18.5. The molecule has 3 heterocycles. The van der Waals surface area contributed by atoms with E-state index in [9.17, 15) is 9.59 Å². The van der Waals surface area contributed by atoms with E-state index in [0.29, 0.717) is 9.83 Å². The summed E-state index contributed by atoms with van der Waals surface area (Å²) < 4.78 is 10.9. The van der Waals surface area contributed by atoms with E-state index in [1.54, 1.807) is 6.07 Å². The number of H-pyrrole nitrogens is 1. The number of nitrogens with two attached hydrogens (primary N) is 1. The summed E-state index contributed by atoms with van der Waals surface area (Å²) in [6.07, 6.45) is 0. The van der Waals surface area contributed by atoms with Gasteiger partial charge in [-0.3, -0.25) is 19.5 Å². The lowest BCUT2D eigenvalue weighted by Gasteiger charge is -2.26. The molecule has 26 heavy (non-hydrogen) atoms. The fourth-order valence-electron chi connectivity index (χ4n) is 2.37. The smallest absolute Gasteiger partial charge is 0.291 e. The number of halogens is 1. The molecule has 1 fully saturated rings. The van der Waals surface area contributed by atoms with Crippen molar-refractivity contribution in [3.63, 3.8) is 0 Å². The van der Waals surface area contributed by atoms with Crippen LogP contribution < -0.4 is 16.6 Å². The molecule has 0 saturated carbocycles. The minimum absolute atomic E-state index is 0.0402. The summed E-state index contributed by atoms with van der Waals surface area (Å²) in [6, 6.07) is 3.06. The zero-order valence-corrected chi connectivity index (χ0v) is 16.2. The number of anilines is 2. The van der Waals surface area contributed by atoms with Crippen LogP contribution in [0.5, 0.6) is 0 Å². The third-order valence-corrected chi connectivity index (χ3v) is 4.99. The highest BCUT2D eigenvalue weighted by atomic mass is 79.9. The number of nitrogen functional groups attached to an aromatic ring is 1. The Morgan fingerprint density at radius 3 is 2.85 bits per heavy atom. The molecule has 0 radical (unpaired) electrons. The summed E-state index contributed by atoms with van der Waals surface area (Å²) in [5, 5.41) is 2.84. The Labute approximate surface area is 161 Å². The summed E-state index contributed by atoms with van der Waals surface area (Å²) in [5.74, 6) is 0.192. The van der Waals surface area contributed by atoms with Gasteiger partial charge in [0, 0.05) is 25.4 Å². The molecule has 1 aliphatic rings. The highest BCUT2D eigenvalue weighted by molar-refractivity contribution is 9.10. The molecule has 2 aromatic heterocycles. The van der Waals surface area contributed by atoms with Crippen LogP contribution in [0.3, 0.4) is 0 Å². The Morgan fingerprint density at radius 1 is 1.42 bits per heavy atom. The van der Waals surface area contributed by atoms with Crippen LogP contribution in [0.25, 0.3) is 0 Å². The van der Waals surface area contributed by atoms with E-state index in [1.165, 1.54) is 17.8 Å². The Hall–Kier alpha value is -1.82. The molecule has 140 valence electrons. The number of ether oxygens (including phenoxy) is 1. The second-order valence-corrected chi connectivity index (χ2v) is 7.36. The normalized spacial score (nSPS) is 15.1. The average molecular weight is 444 g/mol. The minimum atomic E-state index is -0.581. The number of nitrogens with one attached hydrogen (secondary N) is 2. The number of nitrogens with zero attached hydrogens (tertiary/aromatic N) is 2. The van der Waals surface area contributed by atoms with Gasteiger partial charge in [-0.15, -0.1) is 0 Å². The van der Waals surface area contributed by atoms with Crippen molar-refractivity contribution in [2.24, 2.45) is 0 Å². The number of hydrogen-bond acceptors (Lipinski definition) is 8. The fraction of sp³-hybridized carbons (Fsp3) is 0.400. The Morgan fingerprint density at radius 2 is 2.19 bits per heavy atom. The number of carbonyl (C=O) groups excluding carboxylic acids is 1. The maximum Gasteiger partial charge on any atom is 0.291 e. The number of morpholine rings is 1. The third kappa shape index (κ3) is 4.87. The van der Waals surface area contributed by atoms with Crippen molar-refractivity contribution in [2.75, 3.05) is 49.7 Å². The van der Waals surface area contributed by atoms with E-state index in [1.807, 2.05) is 0 Å². The van der Waals surface area contributed by atoms with Crippen molar-refractivity contribution in [2.45, 2.75) is 5.16 Å². The van der Waals surface area contributed by atoms with Gasteiger partial charge in [0.1, 0.15) is 0 Å². The highest BCUT2D eigenvalue weighted by Gasteiger charge is 2.17. The van der Waals surface area contributed by atoms with Gasteiger partial charge in [-0.1, -0.05) is 11.8 Å². The number of aromatic nitrogens is 2. The van der Waals surface area contributed by atoms with Gasteiger partial charge in [-0.05, 0) is 28.1 Å². The van der Waals surface area contributed by atoms with Gasteiger partial charge in [0.25, 0.3) is 11.5 Å². The number of amides is 1. The molecular weight excluding hydrogens is 426 g/mol. The topological polar surface area (TPSA) is 126 Å². The second-order valence-electron chi connectivity index (χ2n) is 5.49. The summed E-state index contributed by atoms with van der Waals surface area (Å²) in [5.41, 5.74) is 5.24. The van der Waals surface area contributed by atoms with Crippen molar-refractivity contribution in [3.05, 3.63) is 32.9 Å². The maximum absolute atomic E-state index is 12.2. The van der Waals surface area contributed by atoms with Crippen molar-refractivity contribution in [3.8, 4) is 0 Å². The van der Waals surface area contributed by atoms with Crippen LogP contribution in [-0.2, 0) is 4.74 Å². The van der Waals surface area contributed by atoms with E-state index in [2.05, 4.69) is 36.1 Å². The van der Waals surface area contributed by atoms with Gasteiger partial charge in [0.2, 0.25) is 0 Å². The number of hydrogen-bond donors (Lipinski definition) is 3. The van der Waals surface area contributed by atoms with Crippen molar-refractivity contribution >= 4 is 45.1 Å². The fourth-order valence-corrected chi connectivity index (χ4v) is 3.54. The van der Waals surface area contributed by atoms with Gasteiger partial charge >= 0.3 is 0 Å². The number of rotatable bonds is 6. The molecule has 11 heteroatoms. The molecule has 2 aromatic rings. The first-order chi connectivity index (χ1) is 12.5. The van der Waals surface area contributed by atoms with Gasteiger partial charge in [0.05, 0.1) is 13.2 Å². The van der Waals surface area contributed by atoms with Crippen LogP contribution in [0.1, 0.15) is 10.6 Å². The molecule has 4 N–H and O–H groups in total. The van der Waals surface area contributed by atoms with Crippen LogP contribution in [-0.4, -0.2) is 59.4 Å². The Bertz CT molecular complexity index is 834. The van der Waals surface area contributed by atoms with E-state index < -0.39 is 11.5 Å². The number of aromatic amines is 1. The molecule has 1 aliphatic heterocycles. The van der Waals surface area contributed by atoms with Crippen molar-refractivity contribution in [1.29, 1.82) is 0 Å². The van der Waals surface area contributed by atoms with Crippen LogP contribution in [0.2, 0.25) is 0 Å². The van der Waals surface area contributed by atoms with Crippen LogP contribution in [0.4, 0.5) is 11.5 Å². The van der Waals surface area contributed by atoms with Crippen LogP contribution in [0, 0.1) is 0 Å². The lowest BCUT2D eigenvalue weighted by molar-refractivity contribution is 0.0410. The molecule has 9 nitrogen and oxygen atoms in total. The number of thioether (sulfide) groups is 1. The number of carbonyl (C=O) groups is 1. The maximum atomic E-state index is 12.2. The molecular formula is C15H18BrN5O4S. The summed E-state index contributed by atoms with van der Waals surface area (Å²) >= 11 is 4.52. The molecule has 3 rings (SSSR count). The van der Waals surface area contributed by atoms with Gasteiger partial charge in [-0.25, -0.2) is 4.98 Å². The van der Waals surface area contributed by atoms with E-state index in [4.69, 9.17) is 14.9 Å². The SMILES string of the molecule is Nc1nc(SCCN2CCOCC2)[nH]c(=O)c1NC(=O)c1ccc(Br)o1. The summed E-state index contributed by atoms with van der Waals surface area (Å²) in [6.45, 7) is 4.16. The largest absolute Gasteiger partial charge is 0.444 e. The van der Waals surface area contributed by atoms with Gasteiger partial charge in [-0.2, -0.15) is 0 Å². The van der Waals surface area contributed by atoms with Crippen LogP contribution in [0.15, 0.2) is 31.2 Å². The first-order valence-electron chi connectivity index (χ1n) is 7.92. The van der Waals surface area contributed by atoms with E-state index in [0.717, 1.165) is 38.6 Å². The lowest BCUT2D eigenvalue weighted by Crippen LogP contribution is -2.37. The monoisotopic (exact) mass is 443 g/mol. The molecule has 0 spiro atoms. The molecule has 0 unspecified atom stereocenters. The molecule has 1 amide bonds. The zero-order valence-electron chi connectivity index (χ0n) is 13.8. The van der Waals surface area contributed by atoms with Gasteiger partial charge < -0.3 is 20.2 Å². The Balaban J connectivity index is 1.60.